The van der Waals surface area contributed by atoms with E-state index >= 15 is 0 Å². The van der Waals surface area contributed by atoms with E-state index in [0.717, 1.165) is 38.3 Å². The highest BCUT2D eigenvalue weighted by Gasteiger charge is 2.03. The van der Waals surface area contributed by atoms with Gasteiger partial charge in [0.05, 0.1) is 0 Å². The Labute approximate surface area is 156 Å². The van der Waals surface area contributed by atoms with E-state index in [9.17, 15) is 4.79 Å². The number of aryl methyl sites for hydroxylation is 2. The van der Waals surface area contributed by atoms with Crippen LogP contribution in [0.25, 0.3) is 0 Å². The Hall–Kier alpha value is -1.32. The summed E-state index contributed by atoms with van der Waals surface area (Å²) in [5, 5.41) is 6.40. The normalized spacial score (nSPS) is 10.9. The lowest BCUT2D eigenvalue weighted by atomic mass is 10.3. The maximum atomic E-state index is 11.5. The van der Waals surface area contributed by atoms with Gasteiger partial charge >= 0.3 is 0 Å². The van der Waals surface area contributed by atoms with Gasteiger partial charge in [-0.25, -0.2) is 9.98 Å². The van der Waals surface area contributed by atoms with Gasteiger partial charge < -0.3 is 20.1 Å². The third-order valence-corrected chi connectivity index (χ3v) is 3.26. The van der Waals surface area contributed by atoms with Gasteiger partial charge in [0.1, 0.15) is 12.4 Å². The largest absolute Gasteiger partial charge is 0.357 e. The molecule has 0 aliphatic carbocycles. The number of imidazole rings is 1. The van der Waals surface area contributed by atoms with Crippen LogP contribution in [0.1, 0.15) is 25.6 Å². The highest BCUT2D eigenvalue weighted by Crippen LogP contribution is 1.99. The van der Waals surface area contributed by atoms with E-state index in [1.54, 1.807) is 19.0 Å². The molecule has 2 N–H and O–H groups in total. The standard InChI is InChI=1S/C15H28N6O.HI/c1-5-16-15(19-12-14(22)20(3)4)18-8-6-7-10-21-11-9-17-13(21)2;/h9,11H,5-8,10,12H2,1-4H3,(H2,16,18,19);1H. The first-order valence-electron chi connectivity index (χ1n) is 7.74. The van der Waals surface area contributed by atoms with Crippen molar-refractivity contribution in [2.45, 2.75) is 33.2 Å². The summed E-state index contributed by atoms with van der Waals surface area (Å²) >= 11 is 0. The van der Waals surface area contributed by atoms with Crippen LogP contribution in [0, 0.1) is 6.92 Å². The molecule has 0 aliphatic heterocycles. The van der Waals surface area contributed by atoms with Gasteiger partial charge in [-0.05, 0) is 26.7 Å². The van der Waals surface area contributed by atoms with Crippen LogP contribution in [0.15, 0.2) is 17.4 Å². The van der Waals surface area contributed by atoms with Crippen molar-refractivity contribution in [2.75, 3.05) is 33.7 Å². The number of aromatic nitrogens is 2. The average Bonchev–Trinajstić information content (AvgIpc) is 2.89. The molecule has 0 fully saturated rings. The fourth-order valence-corrected chi connectivity index (χ4v) is 1.88. The Morgan fingerprint density at radius 2 is 2.09 bits per heavy atom. The Morgan fingerprint density at radius 3 is 2.65 bits per heavy atom. The molecule has 0 aliphatic rings. The molecular formula is C15H29IN6O. The van der Waals surface area contributed by atoms with Gasteiger partial charge in [-0.15, -0.1) is 24.0 Å². The number of likely N-dealkylation sites (N-methyl/N-ethyl adjacent to an activating group) is 1. The number of halogens is 1. The zero-order valence-corrected chi connectivity index (χ0v) is 16.8. The van der Waals surface area contributed by atoms with E-state index in [1.807, 2.05) is 26.2 Å². The van der Waals surface area contributed by atoms with Crippen LogP contribution in [-0.2, 0) is 11.3 Å². The molecule has 1 heterocycles. The third kappa shape index (κ3) is 8.77. The number of guanidine groups is 1. The molecule has 8 heteroatoms. The second kappa shape index (κ2) is 12.1. The minimum atomic E-state index is -0.00668. The topological polar surface area (TPSA) is 74.6 Å². The number of nitrogens with zero attached hydrogens (tertiary/aromatic N) is 4. The van der Waals surface area contributed by atoms with Crippen molar-refractivity contribution in [3.8, 4) is 0 Å². The van der Waals surface area contributed by atoms with E-state index in [1.165, 1.54) is 0 Å². The molecule has 132 valence electrons. The molecule has 0 bridgehead atoms. The smallest absolute Gasteiger partial charge is 0.243 e. The van der Waals surface area contributed by atoms with Crippen LogP contribution in [0.2, 0.25) is 0 Å². The Morgan fingerprint density at radius 1 is 1.35 bits per heavy atom. The van der Waals surface area contributed by atoms with Crippen molar-refractivity contribution in [1.82, 2.24) is 25.1 Å². The number of aliphatic imine (C=N–C) groups is 1. The summed E-state index contributed by atoms with van der Waals surface area (Å²) in [5.74, 6) is 1.73. The van der Waals surface area contributed by atoms with Gasteiger partial charge in [-0.2, -0.15) is 0 Å². The van der Waals surface area contributed by atoms with Crippen molar-refractivity contribution in [3.63, 3.8) is 0 Å². The van der Waals surface area contributed by atoms with E-state index in [-0.39, 0.29) is 36.4 Å². The molecule has 1 aromatic rings. The molecule has 23 heavy (non-hydrogen) atoms. The Balaban J connectivity index is 0.00000484. The van der Waals surface area contributed by atoms with Crippen LogP contribution in [0.3, 0.4) is 0 Å². The Bertz CT molecular complexity index is 486. The number of carbonyl (C=O) groups is 1. The second-order valence-corrected chi connectivity index (χ2v) is 5.29. The van der Waals surface area contributed by atoms with Crippen molar-refractivity contribution in [1.29, 1.82) is 0 Å². The summed E-state index contributed by atoms with van der Waals surface area (Å²) in [6, 6.07) is 0. The monoisotopic (exact) mass is 436 g/mol. The van der Waals surface area contributed by atoms with E-state index in [0.29, 0.717) is 5.96 Å². The average molecular weight is 436 g/mol. The van der Waals surface area contributed by atoms with Gasteiger partial charge in [-0.1, -0.05) is 0 Å². The summed E-state index contributed by atoms with van der Waals surface area (Å²) in [5.41, 5.74) is 0. The molecular weight excluding hydrogens is 407 g/mol. The molecule has 0 radical (unpaired) electrons. The second-order valence-electron chi connectivity index (χ2n) is 5.29. The van der Waals surface area contributed by atoms with E-state index < -0.39 is 0 Å². The van der Waals surface area contributed by atoms with Crippen LogP contribution in [-0.4, -0.2) is 60.0 Å². The first kappa shape index (κ1) is 21.7. The number of hydrogen-bond acceptors (Lipinski definition) is 3. The van der Waals surface area contributed by atoms with Crippen LogP contribution < -0.4 is 10.6 Å². The first-order valence-corrected chi connectivity index (χ1v) is 7.74. The lowest BCUT2D eigenvalue weighted by molar-refractivity contribution is -0.127. The molecule has 0 aromatic carbocycles. The number of nitrogens with one attached hydrogen (secondary N) is 2. The molecule has 0 atom stereocenters. The Kier molecular flexibility index (Phi) is 11.4. The highest BCUT2D eigenvalue weighted by atomic mass is 127. The lowest BCUT2D eigenvalue weighted by Crippen LogP contribution is -2.38. The number of unbranched alkanes of at least 4 members (excludes halogenated alkanes) is 1. The fourth-order valence-electron chi connectivity index (χ4n) is 1.88. The van der Waals surface area contributed by atoms with Crippen molar-refractivity contribution >= 4 is 35.8 Å². The lowest BCUT2D eigenvalue weighted by Gasteiger charge is -2.12. The maximum absolute atomic E-state index is 11.5. The fraction of sp³-hybridized carbons (Fsp3) is 0.667. The van der Waals surface area contributed by atoms with Gasteiger partial charge in [0.2, 0.25) is 5.91 Å². The first-order chi connectivity index (χ1) is 10.5. The number of carbonyl (C=O) groups excluding carboxylic acids is 1. The van der Waals surface area contributed by atoms with Crippen molar-refractivity contribution in [3.05, 3.63) is 18.2 Å². The van der Waals surface area contributed by atoms with Gasteiger partial charge in [-0.3, -0.25) is 4.79 Å². The molecule has 0 unspecified atom stereocenters. The zero-order chi connectivity index (χ0) is 16.4. The molecule has 0 saturated carbocycles. The quantitative estimate of drug-likeness (QED) is 0.278. The van der Waals surface area contributed by atoms with Crippen molar-refractivity contribution in [2.24, 2.45) is 4.99 Å². The van der Waals surface area contributed by atoms with Gasteiger partial charge in [0.15, 0.2) is 5.96 Å². The molecule has 1 amide bonds. The SMILES string of the molecule is CCNC(=NCC(=O)N(C)C)NCCCCn1ccnc1C.I. The van der Waals surface area contributed by atoms with Crippen LogP contribution >= 0.6 is 24.0 Å². The zero-order valence-electron chi connectivity index (χ0n) is 14.5. The molecule has 1 rings (SSSR count). The van der Waals surface area contributed by atoms with Gasteiger partial charge in [0, 0.05) is 46.1 Å². The molecule has 0 saturated heterocycles. The predicted octanol–water partition coefficient (Wildman–Crippen LogP) is 1.23. The number of rotatable bonds is 8. The summed E-state index contributed by atoms with van der Waals surface area (Å²) in [4.78, 5) is 21.6. The summed E-state index contributed by atoms with van der Waals surface area (Å²) in [6.45, 7) is 6.76. The number of amides is 1. The summed E-state index contributed by atoms with van der Waals surface area (Å²) < 4.78 is 2.15. The van der Waals surface area contributed by atoms with E-state index in [4.69, 9.17) is 0 Å². The highest BCUT2D eigenvalue weighted by molar-refractivity contribution is 14.0. The third-order valence-electron chi connectivity index (χ3n) is 3.26. The molecule has 1 aromatic heterocycles. The predicted molar refractivity (Wildman–Crippen MR) is 104 cm³/mol. The molecule has 0 spiro atoms. The van der Waals surface area contributed by atoms with Crippen LogP contribution in [0.5, 0.6) is 0 Å². The van der Waals surface area contributed by atoms with Crippen molar-refractivity contribution < 1.29 is 4.79 Å². The number of hydrogen-bond donors (Lipinski definition) is 2. The van der Waals surface area contributed by atoms with E-state index in [2.05, 4.69) is 25.2 Å². The summed E-state index contributed by atoms with van der Waals surface area (Å²) in [6.07, 6.45) is 5.93. The minimum absolute atomic E-state index is 0. The van der Waals surface area contributed by atoms with Gasteiger partial charge in [0.25, 0.3) is 0 Å². The maximum Gasteiger partial charge on any atom is 0.243 e. The molecule has 7 nitrogen and oxygen atoms in total. The van der Waals surface area contributed by atoms with Crippen LogP contribution in [0.4, 0.5) is 0 Å². The summed E-state index contributed by atoms with van der Waals surface area (Å²) in [7, 11) is 3.46. The minimum Gasteiger partial charge on any atom is -0.357 e.